The molecule has 1 aliphatic rings. The number of methoxy groups -OCH3 is 1. The Morgan fingerprint density at radius 1 is 1.15 bits per heavy atom. The van der Waals surface area contributed by atoms with Crippen LogP contribution in [0.1, 0.15) is 24.0 Å². The summed E-state index contributed by atoms with van der Waals surface area (Å²) < 4.78 is 11.2. The lowest BCUT2D eigenvalue weighted by Gasteiger charge is -2.32. The van der Waals surface area contributed by atoms with Crippen LogP contribution in [0.25, 0.3) is 0 Å². The Morgan fingerprint density at radius 3 is 2.77 bits per heavy atom. The van der Waals surface area contributed by atoms with Crippen molar-refractivity contribution in [2.24, 2.45) is 0 Å². The van der Waals surface area contributed by atoms with Crippen LogP contribution in [0.15, 0.2) is 48.8 Å². The molecule has 1 saturated heterocycles. The van der Waals surface area contributed by atoms with Gasteiger partial charge in [-0.3, -0.25) is 4.98 Å². The van der Waals surface area contributed by atoms with Gasteiger partial charge < -0.3 is 19.7 Å². The predicted molar refractivity (Wildman–Crippen MR) is 103 cm³/mol. The number of aromatic nitrogens is 1. The molecule has 1 aromatic heterocycles. The van der Waals surface area contributed by atoms with Crippen molar-refractivity contribution >= 4 is 0 Å². The van der Waals surface area contributed by atoms with Crippen molar-refractivity contribution < 1.29 is 9.47 Å². The number of piperidine rings is 1. The molecule has 0 amide bonds. The van der Waals surface area contributed by atoms with E-state index in [0.717, 1.165) is 44.1 Å². The van der Waals surface area contributed by atoms with Gasteiger partial charge in [0, 0.05) is 49.8 Å². The maximum absolute atomic E-state index is 6.02. The van der Waals surface area contributed by atoms with Gasteiger partial charge in [-0.15, -0.1) is 0 Å². The van der Waals surface area contributed by atoms with Crippen LogP contribution in [-0.4, -0.2) is 49.3 Å². The Kier molecular flexibility index (Phi) is 7.43. The number of pyridine rings is 1. The molecule has 0 radical (unpaired) electrons. The molecule has 1 fully saturated rings. The summed E-state index contributed by atoms with van der Waals surface area (Å²) in [7, 11) is 1.77. The molecule has 3 rings (SSSR count). The van der Waals surface area contributed by atoms with Crippen molar-refractivity contribution in [3.63, 3.8) is 0 Å². The van der Waals surface area contributed by atoms with E-state index in [1.54, 1.807) is 13.3 Å². The summed E-state index contributed by atoms with van der Waals surface area (Å²) in [6.07, 6.45) is 5.99. The molecule has 0 unspecified atom stereocenters. The van der Waals surface area contributed by atoms with Gasteiger partial charge in [0.15, 0.2) is 0 Å². The first-order chi connectivity index (χ1) is 12.8. The van der Waals surface area contributed by atoms with Crippen molar-refractivity contribution in [2.75, 3.05) is 33.4 Å². The minimum atomic E-state index is 0.544. The smallest absolute Gasteiger partial charge is 0.124 e. The Morgan fingerprint density at radius 2 is 2.00 bits per heavy atom. The molecule has 0 atom stereocenters. The third kappa shape index (κ3) is 5.80. The third-order valence-corrected chi connectivity index (χ3v) is 4.87. The molecule has 1 aliphatic heterocycles. The number of nitrogens with zero attached hydrogens (tertiary/aromatic N) is 2. The quantitative estimate of drug-likeness (QED) is 0.749. The van der Waals surface area contributed by atoms with Gasteiger partial charge in [-0.25, -0.2) is 0 Å². The average molecular weight is 355 g/mol. The Labute approximate surface area is 156 Å². The van der Waals surface area contributed by atoms with Crippen molar-refractivity contribution in [3.05, 3.63) is 59.9 Å². The van der Waals surface area contributed by atoms with Gasteiger partial charge in [0.25, 0.3) is 0 Å². The Hall–Kier alpha value is -1.95. The molecular formula is C21H29N3O2. The molecule has 0 aliphatic carbocycles. The second-order valence-corrected chi connectivity index (χ2v) is 6.75. The summed E-state index contributed by atoms with van der Waals surface area (Å²) in [5, 5.41) is 3.70. The predicted octanol–water partition coefficient (Wildman–Crippen LogP) is 2.86. The second-order valence-electron chi connectivity index (χ2n) is 6.75. The molecule has 2 heterocycles. The van der Waals surface area contributed by atoms with Crippen molar-refractivity contribution in [1.82, 2.24) is 15.2 Å². The Balaban J connectivity index is 1.46. The maximum atomic E-state index is 6.02. The maximum Gasteiger partial charge on any atom is 0.124 e. The summed E-state index contributed by atoms with van der Waals surface area (Å²) in [5.74, 6) is 0.946. The normalized spacial score (nSPS) is 15.9. The fourth-order valence-corrected chi connectivity index (χ4v) is 3.27. The lowest BCUT2D eigenvalue weighted by atomic mass is 10.0. The van der Waals surface area contributed by atoms with E-state index in [0.29, 0.717) is 12.6 Å². The standard InChI is InChI=1S/C21H29N3O2/c1-25-14-13-24-11-8-20(9-12-24)23-16-19-6-2-3-7-21(19)26-17-18-5-4-10-22-15-18/h2-7,10,15,20,23H,8-9,11-14,16-17H2,1H3. The van der Waals surface area contributed by atoms with Crippen molar-refractivity contribution in [2.45, 2.75) is 32.0 Å². The summed E-state index contributed by atoms with van der Waals surface area (Å²) in [5.41, 5.74) is 2.29. The van der Waals surface area contributed by atoms with E-state index in [-0.39, 0.29) is 0 Å². The van der Waals surface area contributed by atoms with E-state index in [2.05, 4.69) is 27.3 Å². The van der Waals surface area contributed by atoms with Crippen LogP contribution in [0.5, 0.6) is 5.75 Å². The van der Waals surface area contributed by atoms with E-state index in [1.165, 1.54) is 18.4 Å². The lowest BCUT2D eigenvalue weighted by Crippen LogP contribution is -2.43. The average Bonchev–Trinajstić information content (AvgIpc) is 2.71. The summed E-state index contributed by atoms with van der Waals surface area (Å²) in [6, 6.07) is 12.8. The van der Waals surface area contributed by atoms with Crippen LogP contribution in [0, 0.1) is 0 Å². The molecule has 5 nitrogen and oxygen atoms in total. The second kappa shape index (κ2) is 10.3. The van der Waals surface area contributed by atoms with Gasteiger partial charge in [0.1, 0.15) is 12.4 Å². The minimum Gasteiger partial charge on any atom is -0.489 e. The lowest BCUT2D eigenvalue weighted by molar-refractivity contribution is 0.126. The van der Waals surface area contributed by atoms with Gasteiger partial charge in [0.05, 0.1) is 6.61 Å². The van der Waals surface area contributed by atoms with Gasteiger partial charge in [-0.1, -0.05) is 24.3 Å². The highest BCUT2D eigenvalue weighted by Gasteiger charge is 2.18. The van der Waals surface area contributed by atoms with Crippen molar-refractivity contribution in [3.8, 4) is 5.75 Å². The molecule has 26 heavy (non-hydrogen) atoms. The van der Waals surface area contributed by atoms with Gasteiger partial charge >= 0.3 is 0 Å². The topological polar surface area (TPSA) is 46.6 Å². The van der Waals surface area contributed by atoms with E-state index in [4.69, 9.17) is 9.47 Å². The number of nitrogens with one attached hydrogen (secondary N) is 1. The zero-order valence-corrected chi connectivity index (χ0v) is 15.6. The SMILES string of the molecule is COCCN1CCC(NCc2ccccc2OCc2cccnc2)CC1. The van der Waals surface area contributed by atoms with Crippen LogP contribution in [0.2, 0.25) is 0 Å². The van der Waals surface area contributed by atoms with Gasteiger partial charge in [-0.05, 0) is 38.1 Å². The van der Waals surface area contributed by atoms with Crippen LogP contribution in [-0.2, 0) is 17.9 Å². The molecular weight excluding hydrogens is 326 g/mol. The molecule has 0 bridgehead atoms. The zero-order valence-electron chi connectivity index (χ0n) is 15.6. The van der Waals surface area contributed by atoms with E-state index >= 15 is 0 Å². The van der Waals surface area contributed by atoms with E-state index in [9.17, 15) is 0 Å². The van der Waals surface area contributed by atoms with E-state index in [1.807, 2.05) is 30.5 Å². The molecule has 1 aromatic carbocycles. The van der Waals surface area contributed by atoms with Crippen LogP contribution in [0.4, 0.5) is 0 Å². The highest BCUT2D eigenvalue weighted by Crippen LogP contribution is 2.20. The molecule has 0 saturated carbocycles. The number of hydrogen-bond acceptors (Lipinski definition) is 5. The first kappa shape index (κ1) is 18.8. The van der Waals surface area contributed by atoms with Crippen molar-refractivity contribution in [1.29, 1.82) is 0 Å². The molecule has 2 aromatic rings. The first-order valence-electron chi connectivity index (χ1n) is 9.39. The molecule has 5 heteroatoms. The van der Waals surface area contributed by atoms with E-state index < -0.39 is 0 Å². The summed E-state index contributed by atoms with van der Waals surface area (Å²) in [4.78, 5) is 6.62. The van der Waals surface area contributed by atoms with Crippen LogP contribution >= 0.6 is 0 Å². The number of likely N-dealkylation sites (tertiary alicyclic amines) is 1. The highest BCUT2D eigenvalue weighted by atomic mass is 16.5. The first-order valence-corrected chi connectivity index (χ1v) is 9.39. The number of benzene rings is 1. The summed E-state index contributed by atoms with van der Waals surface area (Å²) >= 11 is 0. The van der Waals surface area contributed by atoms with Crippen LogP contribution in [0.3, 0.4) is 0 Å². The molecule has 140 valence electrons. The highest BCUT2D eigenvalue weighted by molar-refractivity contribution is 5.33. The fraction of sp³-hybridized carbons (Fsp3) is 0.476. The Bertz CT molecular complexity index is 643. The van der Waals surface area contributed by atoms with Crippen LogP contribution < -0.4 is 10.1 Å². The fourth-order valence-electron chi connectivity index (χ4n) is 3.27. The largest absolute Gasteiger partial charge is 0.489 e. The summed E-state index contributed by atoms with van der Waals surface area (Å²) in [6.45, 7) is 5.52. The van der Waals surface area contributed by atoms with Gasteiger partial charge in [-0.2, -0.15) is 0 Å². The monoisotopic (exact) mass is 355 g/mol. The zero-order chi connectivity index (χ0) is 18.0. The molecule has 1 N–H and O–H groups in total. The molecule has 0 spiro atoms. The third-order valence-electron chi connectivity index (χ3n) is 4.87. The van der Waals surface area contributed by atoms with Gasteiger partial charge in [0.2, 0.25) is 0 Å². The number of ether oxygens (including phenoxy) is 2. The number of hydrogen-bond donors (Lipinski definition) is 1. The minimum absolute atomic E-state index is 0.544. The number of para-hydroxylation sites is 1. The number of rotatable bonds is 9.